The minimum atomic E-state index is -1.37. The molecule has 1 aliphatic rings. The first kappa shape index (κ1) is 21.4. The lowest BCUT2D eigenvalue weighted by Gasteiger charge is -2.43. The molecule has 0 spiro atoms. The molecule has 27 heavy (non-hydrogen) atoms. The topological polar surface area (TPSA) is 104 Å². The molecule has 2 rings (SSSR count). The Morgan fingerprint density at radius 1 is 1.26 bits per heavy atom. The zero-order valence-electron chi connectivity index (χ0n) is 16.6. The standard InChI is InChI=1S/C21H33N3O3/c1-14(2)17-10-9-15(3)11-21(17,27)20(26)23-13-18(24-19(25)12-22)16-7-5-4-6-8-16/h4-8,14-15,17-18,27H,9-13,22H2,1-3H3,(H,23,26)(H,24,25)/t15-,17+,18?,21+/m1/s1. The summed E-state index contributed by atoms with van der Waals surface area (Å²) in [5.74, 6) is -0.186. The van der Waals surface area contributed by atoms with Crippen LogP contribution >= 0.6 is 0 Å². The number of rotatable bonds is 7. The van der Waals surface area contributed by atoms with Gasteiger partial charge in [0.25, 0.3) is 5.91 Å². The second-order valence-corrected chi connectivity index (χ2v) is 8.11. The minimum Gasteiger partial charge on any atom is -0.380 e. The third-order valence-corrected chi connectivity index (χ3v) is 5.63. The number of benzene rings is 1. The van der Waals surface area contributed by atoms with Gasteiger partial charge in [-0.2, -0.15) is 0 Å². The van der Waals surface area contributed by atoms with Crippen LogP contribution in [0.3, 0.4) is 0 Å². The highest BCUT2D eigenvalue weighted by Crippen LogP contribution is 2.41. The summed E-state index contributed by atoms with van der Waals surface area (Å²) in [6.45, 7) is 6.26. The van der Waals surface area contributed by atoms with E-state index in [0.717, 1.165) is 18.4 Å². The fourth-order valence-electron chi connectivity index (χ4n) is 4.17. The third kappa shape index (κ3) is 5.30. The van der Waals surface area contributed by atoms with Crippen LogP contribution in [0.5, 0.6) is 0 Å². The molecule has 1 aromatic carbocycles. The number of nitrogens with two attached hydrogens (primary N) is 1. The van der Waals surface area contributed by atoms with Gasteiger partial charge in [0.15, 0.2) is 0 Å². The Labute approximate surface area is 161 Å². The lowest BCUT2D eigenvalue weighted by atomic mass is 9.66. The summed E-state index contributed by atoms with van der Waals surface area (Å²) in [4.78, 5) is 24.8. The van der Waals surface area contributed by atoms with Crippen LogP contribution in [0.1, 0.15) is 51.6 Å². The highest BCUT2D eigenvalue weighted by atomic mass is 16.3. The average Bonchev–Trinajstić information content (AvgIpc) is 2.64. The van der Waals surface area contributed by atoms with Gasteiger partial charge in [0.05, 0.1) is 12.6 Å². The summed E-state index contributed by atoms with van der Waals surface area (Å²) in [6, 6.07) is 9.04. The fraction of sp³-hybridized carbons (Fsp3) is 0.619. The fourth-order valence-corrected chi connectivity index (χ4v) is 4.17. The molecule has 1 aromatic rings. The average molecular weight is 376 g/mol. The summed E-state index contributed by atoms with van der Waals surface area (Å²) in [7, 11) is 0. The maximum Gasteiger partial charge on any atom is 0.252 e. The number of carbonyl (C=O) groups is 2. The van der Waals surface area contributed by atoms with Crippen molar-refractivity contribution in [3.8, 4) is 0 Å². The van der Waals surface area contributed by atoms with Gasteiger partial charge in [0, 0.05) is 6.54 Å². The van der Waals surface area contributed by atoms with Gasteiger partial charge in [-0.3, -0.25) is 9.59 Å². The molecule has 0 heterocycles. The SMILES string of the molecule is CC(C)[C@@H]1CC[C@@H](C)C[C@@]1(O)C(=O)NCC(NC(=O)CN)c1ccccc1. The van der Waals surface area contributed by atoms with Crippen LogP contribution in [0.4, 0.5) is 0 Å². The first-order valence-electron chi connectivity index (χ1n) is 9.83. The Bertz CT molecular complexity index is 635. The molecule has 0 radical (unpaired) electrons. The zero-order valence-corrected chi connectivity index (χ0v) is 16.6. The normalized spacial score (nSPS) is 26.4. The number of carbonyl (C=O) groups excluding carboxylic acids is 2. The molecule has 6 nitrogen and oxygen atoms in total. The van der Waals surface area contributed by atoms with Crippen LogP contribution in [0.15, 0.2) is 30.3 Å². The highest BCUT2D eigenvalue weighted by Gasteiger charge is 2.48. The van der Waals surface area contributed by atoms with Gasteiger partial charge in [-0.25, -0.2) is 0 Å². The number of hydrogen-bond donors (Lipinski definition) is 4. The summed E-state index contributed by atoms with van der Waals surface area (Å²) in [5.41, 5.74) is 4.93. The van der Waals surface area contributed by atoms with Crippen LogP contribution in [0, 0.1) is 17.8 Å². The number of hydrogen-bond acceptors (Lipinski definition) is 4. The van der Waals surface area contributed by atoms with Gasteiger partial charge < -0.3 is 21.5 Å². The van der Waals surface area contributed by atoms with Gasteiger partial charge >= 0.3 is 0 Å². The van der Waals surface area contributed by atoms with E-state index < -0.39 is 11.6 Å². The quantitative estimate of drug-likeness (QED) is 0.583. The van der Waals surface area contributed by atoms with E-state index in [1.165, 1.54) is 0 Å². The Balaban J connectivity index is 2.12. The molecule has 1 saturated carbocycles. The monoisotopic (exact) mass is 375 g/mol. The smallest absolute Gasteiger partial charge is 0.252 e. The molecule has 0 bridgehead atoms. The van der Waals surface area contributed by atoms with E-state index >= 15 is 0 Å². The van der Waals surface area contributed by atoms with Crippen LogP contribution in [0.2, 0.25) is 0 Å². The Morgan fingerprint density at radius 3 is 2.52 bits per heavy atom. The second-order valence-electron chi connectivity index (χ2n) is 8.11. The molecule has 1 aliphatic carbocycles. The van der Waals surface area contributed by atoms with Gasteiger partial charge in [-0.15, -0.1) is 0 Å². The van der Waals surface area contributed by atoms with Crippen molar-refractivity contribution in [3.63, 3.8) is 0 Å². The lowest BCUT2D eigenvalue weighted by molar-refractivity contribution is -0.156. The molecule has 0 aliphatic heterocycles. The van der Waals surface area contributed by atoms with Crippen molar-refractivity contribution in [2.75, 3.05) is 13.1 Å². The summed E-state index contributed by atoms with van der Waals surface area (Å²) < 4.78 is 0. The zero-order chi connectivity index (χ0) is 20.0. The van der Waals surface area contributed by atoms with Crippen LogP contribution in [0.25, 0.3) is 0 Å². The van der Waals surface area contributed by atoms with Crippen LogP contribution in [-0.2, 0) is 9.59 Å². The maximum absolute atomic E-state index is 13.0. The molecule has 0 aromatic heterocycles. The molecular weight excluding hydrogens is 342 g/mol. The number of aliphatic hydroxyl groups is 1. The van der Waals surface area contributed by atoms with Gasteiger partial charge in [0.1, 0.15) is 5.60 Å². The van der Waals surface area contributed by atoms with Gasteiger partial charge in [-0.1, -0.05) is 57.5 Å². The molecular formula is C21H33N3O3. The van der Waals surface area contributed by atoms with E-state index in [9.17, 15) is 14.7 Å². The Kier molecular flexibility index (Phi) is 7.39. The van der Waals surface area contributed by atoms with Crippen molar-refractivity contribution in [1.29, 1.82) is 0 Å². The molecule has 1 unspecified atom stereocenters. The molecule has 0 saturated heterocycles. The molecule has 2 amide bonds. The lowest BCUT2D eigenvalue weighted by Crippen LogP contribution is -2.57. The Hall–Kier alpha value is -1.92. The molecule has 6 heteroatoms. The predicted molar refractivity (Wildman–Crippen MR) is 106 cm³/mol. The number of nitrogens with one attached hydrogen (secondary N) is 2. The van der Waals surface area contributed by atoms with Crippen molar-refractivity contribution < 1.29 is 14.7 Å². The summed E-state index contributed by atoms with van der Waals surface area (Å²) >= 11 is 0. The van der Waals surface area contributed by atoms with Crippen molar-refractivity contribution in [3.05, 3.63) is 35.9 Å². The predicted octanol–water partition coefficient (Wildman–Crippen LogP) is 1.74. The van der Waals surface area contributed by atoms with E-state index in [4.69, 9.17) is 5.73 Å². The highest BCUT2D eigenvalue weighted by molar-refractivity contribution is 5.85. The van der Waals surface area contributed by atoms with Gasteiger partial charge in [0.2, 0.25) is 5.91 Å². The van der Waals surface area contributed by atoms with Gasteiger partial charge in [-0.05, 0) is 36.2 Å². The van der Waals surface area contributed by atoms with E-state index in [0.29, 0.717) is 12.3 Å². The molecule has 5 N–H and O–H groups in total. The number of amides is 2. The first-order chi connectivity index (χ1) is 12.8. The third-order valence-electron chi connectivity index (χ3n) is 5.63. The van der Waals surface area contributed by atoms with Crippen LogP contribution < -0.4 is 16.4 Å². The Morgan fingerprint density at radius 2 is 1.93 bits per heavy atom. The van der Waals surface area contributed by atoms with Crippen LogP contribution in [-0.4, -0.2) is 35.6 Å². The largest absolute Gasteiger partial charge is 0.380 e. The van der Waals surface area contributed by atoms with E-state index in [-0.39, 0.29) is 36.7 Å². The van der Waals surface area contributed by atoms with Crippen molar-refractivity contribution >= 4 is 11.8 Å². The summed E-state index contributed by atoms with van der Waals surface area (Å²) in [6.07, 6.45) is 2.33. The maximum atomic E-state index is 13.0. The van der Waals surface area contributed by atoms with E-state index in [1.807, 2.05) is 44.2 Å². The molecule has 150 valence electrons. The van der Waals surface area contributed by atoms with E-state index in [1.54, 1.807) is 0 Å². The van der Waals surface area contributed by atoms with E-state index in [2.05, 4.69) is 17.6 Å². The van der Waals surface area contributed by atoms with Crippen molar-refractivity contribution in [2.45, 2.75) is 51.7 Å². The molecule has 1 fully saturated rings. The van der Waals surface area contributed by atoms with Crippen molar-refractivity contribution in [2.24, 2.45) is 23.5 Å². The molecule has 4 atom stereocenters. The first-order valence-corrected chi connectivity index (χ1v) is 9.83. The minimum absolute atomic E-state index is 0.0671. The van der Waals surface area contributed by atoms with Crippen molar-refractivity contribution in [1.82, 2.24) is 10.6 Å². The summed E-state index contributed by atoms with van der Waals surface area (Å²) in [5, 5.41) is 17.0. The second kappa shape index (κ2) is 9.33.